The van der Waals surface area contributed by atoms with Crippen LogP contribution in [0.3, 0.4) is 0 Å². The van der Waals surface area contributed by atoms with Crippen molar-refractivity contribution in [3.8, 4) is 0 Å². The summed E-state index contributed by atoms with van der Waals surface area (Å²) in [6.07, 6.45) is 4.44. The predicted octanol–water partition coefficient (Wildman–Crippen LogP) is -0.287. The van der Waals surface area contributed by atoms with Gasteiger partial charge < -0.3 is 14.2 Å². The molecule has 134 valence electrons. The molecule has 9 heteroatoms. The van der Waals surface area contributed by atoms with Crippen molar-refractivity contribution >= 4 is 5.91 Å². The number of rotatable bonds is 4. The zero-order valence-electron chi connectivity index (χ0n) is 14.6. The highest BCUT2D eigenvalue weighted by Gasteiger charge is 2.37. The number of amides is 1. The first-order valence-electron chi connectivity index (χ1n) is 8.59. The number of hydrogen-bond donors (Lipinski definition) is 0. The van der Waals surface area contributed by atoms with Gasteiger partial charge in [-0.25, -0.2) is 9.97 Å². The van der Waals surface area contributed by atoms with E-state index in [1.807, 2.05) is 11.2 Å². The second-order valence-corrected chi connectivity index (χ2v) is 6.56. The number of aryl methyl sites for hydroxylation is 1. The second kappa shape index (κ2) is 6.57. The summed E-state index contributed by atoms with van der Waals surface area (Å²) >= 11 is 0. The fourth-order valence-electron chi connectivity index (χ4n) is 3.72. The van der Waals surface area contributed by atoms with E-state index in [0.717, 1.165) is 31.7 Å². The molecule has 1 unspecified atom stereocenters. The van der Waals surface area contributed by atoms with Crippen LogP contribution in [0, 0.1) is 0 Å². The van der Waals surface area contributed by atoms with Crippen LogP contribution < -0.4 is 0 Å². The van der Waals surface area contributed by atoms with Crippen molar-refractivity contribution in [1.82, 2.24) is 34.1 Å². The maximum Gasteiger partial charge on any atom is 0.293 e. The van der Waals surface area contributed by atoms with E-state index < -0.39 is 0 Å². The van der Waals surface area contributed by atoms with Crippen molar-refractivity contribution in [3.05, 3.63) is 29.9 Å². The summed E-state index contributed by atoms with van der Waals surface area (Å²) in [4.78, 5) is 25.7. The minimum absolute atomic E-state index is 0.105. The monoisotopic (exact) mass is 345 g/mol. The van der Waals surface area contributed by atoms with Gasteiger partial charge in [0.05, 0.1) is 24.7 Å². The van der Waals surface area contributed by atoms with Crippen molar-refractivity contribution in [2.75, 3.05) is 39.9 Å². The Morgan fingerprint density at radius 2 is 2.16 bits per heavy atom. The molecule has 2 aliphatic rings. The Morgan fingerprint density at radius 1 is 1.28 bits per heavy atom. The lowest BCUT2D eigenvalue weighted by Crippen LogP contribution is -2.52. The van der Waals surface area contributed by atoms with E-state index in [1.54, 1.807) is 25.2 Å². The van der Waals surface area contributed by atoms with Crippen LogP contribution in [-0.2, 0) is 24.8 Å². The number of carbonyl (C=O) groups is 1. The van der Waals surface area contributed by atoms with Crippen molar-refractivity contribution < 1.29 is 9.53 Å². The summed E-state index contributed by atoms with van der Waals surface area (Å²) in [5.74, 6) is 0.156. The third kappa shape index (κ3) is 2.93. The SMILES string of the molecule is COCCn1cnc2c1CCN1CCN(C(=O)c3ncn(C)n3)CC21. The van der Waals surface area contributed by atoms with E-state index in [1.165, 1.54) is 5.69 Å². The lowest BCUT2D eigenvalue weighted by Gasteiger charge is -2.43. The van der Waals surface area contributed by atoms with Gasteiger partial charge in [0.1, 0.15) is 6.33 Å². The van der Waals surface area contributed by atoms with Gasteiger partial charge in [-0.1, -0.05) is 0 Å². The Bertz CT molecular complexity index is 768. The summed E-state index contributed by atoms with van der Waals surface area (Å²) in [6.45, 7) is 4.67. The third-order valence-corrected chi connectivity index (χ3v) is 5.04. The zero-order valence-corrected chi connectivity index (χ0v) is 14.6. The molecular weight excluding hydrogens is 322 g/mol. The number of imidazole rings is 1. The van der Waals surface area contributed by atoms with Crippen molar-refractivity contribution in [1.29, 1.82) is 0 Å². The molecule has 2 aliphatic heterocycles. The van der Waals surface area contributed by atoms with Gasteiger partial charge in [-0.05, 0) is 0 Å². The van der Waals surface area contributed by atoms with E-state index in [-0.39, 0.29) is 17.8 Å². The van der Waals surface area contributed by atoms with Gasteiger partial charge in [0.15, 0.2) is 0 Å². The average molecular weight is 345 g/mol. The van der Waals surface area contributed by atoms with Crippen LogP contribution in [0.1, 0.15) is 28.0 Å². The largest absolute Gasteiger partial charge is 0.383 e. The molecular formula is C16H23N7O2. The minimum atomic E-state index is -0.105. The molecule has 0 radical (unpaired) electrons. The summed E-state index contributed by atoms with van der Waals surface area (Å²) in [6, 6.07) is 0.147. The van der Waals surface area contributed by atoms with E-state index in [4.69, 9.17) is 4.74 Å². The van der Waals surface area contributed by atoms with Crippen molar-refractivity contribution in [2.24, 2.45) is 7.05 Å². The lowest BCUT2D eigenvalue weighted by atomic mass is 9.99. The third-order valence-electron chi connectivity index (χ3n) is 5.04. The highest BCUT2D eigenvalue weighted by molar-refractivity contribution is 5.90. The molecule has 0 spiro atoms. The number of hydrogen-bond acceptors (Lipinski definition) is 6. The molecule has 2 aromatic heterocycles. The maximum absolute atomic E-state index is 12.7. The summed E-state index contributed by atoms with van der Waals surface area (Å²) in [5.41, 5.74) is 2.36. The molecule has 0 saturated carbocycles. The van der Waals surface area contributed by atoms with Gasteiger partial charge in [-0.15, -0.1) is 5.10 Å². The first-order chi connectivity index (χ1) is 12.2. The fourth-order valence-corrected chi connectivity index (χ4v) is 3.72. The highest BCUT2D eigenvalue weighted by atomic mass is 16.5. The number of methoxy groups -OCH3 is 1. The van der Waals surface area contributed by atoms with Crippen LogP contribution in [-0.4, -0.2) is 79.9 Å². The highest BCUT2D eigenvalue weighted by Crippen LogP contribution is 2.31. The molecule has 1 fully saturated rings. The Hall–Kier alpha value is -2.26. The number of piperazine rings is 1. The first-order valence-corrected chi connectivity index (χ1v) is 8.59. The van der Waals surface area contributed by atoms with Crippen LogP contribution in [0.5, 0.6) is 0 Å². The van der Waals surface area contributed by atoms with Crippen LogP contribution in [0.4, 0.5) is 0 Å². The lowest BCUT2D eigenvalue weighted by molar-refractivity contribution is 0.0430. The van der Waals surface area contributed by atoms with Gasteiger partial charge in [0, 0.05) is 59.0 Å². The van der Waals surface area contributed by atoms with Crippen LogP contribution >= 0.6 is 0 Å². The smallest absolute Gasteiger partial charge is 0.293 e. The second-order valence-electron chi connectivity index (χ2n) is 6.56. The summed E-state index contributed by atoms with van der Waals surface area (Å²) < 4.78 is 8.92. The van der Waals surface area contributed by atoms with Gasteiger partial charge >= 0.3 is 0 Å². The predicted molar refractivity (Wildman–Crippen MR) is 89.0 cm³/mol. The number of fused-ring (bicyclic) bond motifs is 3. The molecule has 0 aromatic carbocycles. The molecule has 25 heavy (non-hydrogen) atoms. The van der Waals surface area contributed by atoms with E-state index in [9.17, 15) is 4.79 Å². The Morgan fingerprint density at radius 3 is 2.92 bits per heavy atom. The average Bonchev–Trinajstić information content (AvgIpc) is 3.25. The Labute approximate surface area is 146 Å². The molecule has 4 rings (SSSR count). The van der Waals surface area contributed by atoms with Crippen molar-refractivity contribution in [3.63, 3.8) is 0 Å². The molecule has 1 saturated heterocycles. The van der Waals surface area contributed by atoms with Gasteiger partial charge in [-0.2, -0.15) is 0 Å². The molecule has 0 aliphatic carbocycles. The standard InChI is InChI=1S/C16H23N7O2/c1-20-10-18-15(19-20)16(24)22-6-5-21-4-3-12-14(13(21)9-22)17-11-23(12)7-8-25-2/h10-11,13H,3-9H2,1-2H3. The maximum atomic E-state index is 12.7. The quantitative estimate of drug-likeness (QED) is 0.758. The zero-order chi connectivity index (χ0) is 17.4. The van der Waals surface area contributed by atoms with Gasteiger partial charge in [0.2, 0.25) is 5.82 Å². The number of aromatic nitrogens is 5. The van der Waals surface area contributed by atoms with Crippen LogP contribution in [0.15, 0.2) is 12.7 Å². The Kier molecular flexibility index (Phi) is 4.26. The molecule has 1 atom stereocenters. The number of nitrogens with zero attached hydrogens (tertiary/aromatic N) is 7. The van der Waals surface area contributed by atoms with Crippen LogP contribution in [0.2, 0.25) is 0 Å². The van der Waals surface area contributed by atoms with Crippen LogP contribution in [0.25, 0.3) is 0 Å². The van der Waals surface area contributed by atoms with Crippen molar-refractivity contribution in [2.45, 2.75) is 19.0 Å². The van der Waals surface area contributed by atoms with E-state index >= 15 is 0 Å². The normalized spacial score (nSPS) is 20.4. The minimum Gasteiger partial charge on any atom is -0.383 e. The fraction of sp³-hybridized carbons (Fsp3) is 0.625. The summed E-state index contributed by atoms with van der Waals surface area (Å²) in [5, 5.41) is 4.14. The van der Waals surface area contributed by atoms with Gasteiger partial charge in [-0.3, -0.25) is 14.4 Å². The summed E-state index contributed by atoms with van der Waals surface area (Å²) in [7, 11) is 3.48. The molecule has 0 N–H and O–H groups in total. The molecule has 0 bridgehead atoms. The molecule has 4 heterocycles. The first kappa shape index (κ1) is 16.2. The topological polar surface area (TPSA) is 81.3 Å². The molecule has 1 amide bonds. The number of ether oxygens (including phenoxy) is 1. The molecule has 9 nitrogen and oxygen atoms in total. The Balaban J connectivity index is 1.54. The molecule has 2 aromatic rings. The van der Waals surface area contributed by atoms with Gasteiger partial charge in [0.25, 0.3) is 5.91 Å². The van der Waals surface area contributed by atoms with E-state index in [2.05, 4.69) is 24.5 Å². The number of carbonyl (C=O) groups excluding carboxylic acids is 1. The van der Waals surface area contributed by atoms with E-state index in [0.29, 0.717) is 19.7 Å².